The molecular formula is C9H16O2S. The third-order valence-electron chi connectivity index (χ3n) is 2.66. The van der Waals surface area contributed by atoms with Gasteiger partial charge >= 0.3 is 0 Å². The molecule has 1 fully saturated rings. The molecule has 0 spiro atoms. The fourth-order valence-corrected chi connectivity index (χ4v) is 2.90. The quantitative estimate of drug-likeness (QED) is 0.665. The molecule has 0 radical (unpaired) electrons. The summed E-state index contributed by atoms with van der Waals surface area (Å²) in [5.41, 5.74) is 0. The van der Waals surface area contributed by atoms with Gasteiger partial charge in [0.15, 0.2) is 9.84 Å². The lowest BCUT2D eigenvalue weighted by Crippen LogP contribution is -2.24. The van der Waals surface area contributed by atoms with Gasteiger partial charge in [-0.3, -0.25) is 0 Å². The molecule has 0 aromatic carbocycles. The predicted octanol–water partition coefficient (Wildman–Crippen LogP) is 2.12. The highest BCUT2D eigenvalue weighted by atomic mass is 32.2. The van der Waals surface area contributed by atoms with E-state index in [1.807, 2.05) is 0 Å². The van der Waals surface area contributed by atoms with Gasteiger partial charge in [-0.15, -0.1) is 0 Å². The van der Waals surface area contributed by atoms with Gasteiger partial charge in [-0.25, -0.2) is 8.42 Å². The van der Waals surface area contributed by atoms with E-state index in [0.717, 1.165) is 31.1 Å². The summed E-state index contributed by atoms with van der Waals surface area (Å²) in [6.45, 7) is 5.52. The first-order chi connectivity index (χ1) is 5.56. The SMILES string of the molecule is C=CS(=O)(=O)C1CCC(C)CC1. The van der Waals surface area contributed by atoms with Crippen LogP contribution in [0.4, 0.5) is 0 Å². The first-order valence-corrected chi connectivity index (χ1v) is 6.03. The molecule has 0 aromatic rings. The fourth-order valence-electron chi connectivity index (χ4n) is 1.69. The summed E-state index contributed by atoms with van der Waals surface area (Å²) in [5, 5.41) is 0.958. The Morgan fingerprint density at radius 3 is 2.17 bits per heavy atom. The highest BCUT2D eigenvalue weighted by Crippen LogP contribution is 2.28. The van der Waals surface area contributed by atoms with Crippen molar-refractivity contribution in [1.29, 1.82) is 0 Å². The van der Waals surface area contributed by atoms with E-state index >= 15 is 0 Å². The smallest absolute Gasteiger partial charge is 0.173 e. The Bertz CT molecular complexity index is 246. The third-order valence-corrected chi connectivity index (χ3v) is 4.53. The first-order valence-electron chi connectivity index (χ1n) is 4.42. The largest absolute Gasteiger partial charge is 0.224 e. The Morgan fingerprint density at radius 1 is 1.25 bits per heavy atom. The molecule has 0 bridgehead atoms. The molecule has 2 nitrogen and oxygen atoms in total. The topological polar surface area (TPSA) is 34.1 Å². The third kappa shape index (κ3) is 2.09. The Balaban J connectivity index is 2.62. The Kier molecular flexibility index (Phi) is 2.94. The summed E-state index contributed by atoms with van der Waals surface area (Å²) in [6.07, 6.45) is 3.71. The molecule has 1 aliphatic rings. The molecule has 0 saturated heterocycles. The monoisotopic (exact) mass is 188 g/mol. The minimum Gasteiger partial charge on any atom is -0.224 e. The normalized spacial score (nSPS) is 31.4. The summed E-state index contributed by atoms with van der Waals surface area (Å²) in [4.78, 5) is 0. The molecule has 1 rings (SSSR count). The van der Waals surface area contributed by atoms with Crippen LogP contribution in [0.5, 0.6) is 0 Å². The molecule has 1 saturated carbocycles. The number of hydrogen-bond donors (Lipinski definition) is 0. The minimum atomic E-state index is -2.98. The molecule has 0 aliphatic heterocycles. The van der Waals surface area contributed by atoms with E-state index in [1.165, 1.54) is 0 Å². The van der Waals surface area contributed by atoms with Crippen LogP contribution < -0.4 is 0 Å². The van der Waals surface area contributed by atoms with Crippen molar-refractivity contribution < 1.29 is 8.42 Å². The zero-order valence-corrected chi connectivity index (χ0v) is 8.31. The van der Waals surface area contributed by atoms with Crippen molar-refractivity contribution in [3.63, 3.8) is 0 Å². The average molecular weight is 188 g/mol. The summed E-state index contributed by atoms with van der Waals surface area (Å²) in [5.74, 6) is 0.696. The van der Waals surface area contributed by atoms with Crippen molar-refractivity contribution in [3.8, 4) is 0 Å². The van der Waals surface area contributed by atoms with E-state index in [-0.39, 0.29) is 5.25 Å². The Labute approximate surface area is 74.6 Å². The van der Waals surface area contributed by atoms with Gasteiger partial charge < -0.3 is 0 Å². The highest BCUT2D eigenvalue weighted by Gasteiger charge is 2.26. The van der Waals surface area contributed by atoms with E-state index in [0.29, 0.717) is 5.92 Å². The van der Waals surface area contributed by atoms with Gasteiger partial charge in [0.2, 0.25) is 0 Å². The van der Waals surface area contributed by atoms with Crippen LogP contribution in [0, 0.1) is 5.92 Å². The molecule has 12 heavy (non-hydrogen) atoms. The van der Waals surface area contributed by atoms with E-state index < -0.39 is 9.84 Å². The first kappa shape index (κ1) is 9.78. The van der Waals surface area contributed by atoms with Crippen molar-refractivity contribution in [2.45, 2.75) is 37.9 Å². The van der Waals surface area contributed by atoms with Crippen molar-refractivity contribution in [2.75, 3.05) is 0 Å². The summed E-state index contributed by atoms with van der Waals surface area (Å²) in [6, 6.07) is 0. The Hall–Kier alpha value is -0.310. The fraction of sp³-hybridized carbons (Fsp3) is 0.778. The second kappa shape index (κ2) is 3.60. The number of rotatable bonds is 2. The number of hydrogen-bond acceptors (Lipinski definition) is 2. The van der Waals surface area contributed by atoms with E-state index in [4.69, 9.17) is 0 Å². The van der Waals surface area contributed by atoms with Crippen molar-refractivity contribution in [2.24, 2.45) is 5.92 Å². The lowest BCUT2D eigenvalue weighted by molar-refractivity contribution is 0.384. The second-order valence-corrected chi connectivity index (χ2v) is 5.82. The van der Waals surface area contributed by atoms with Crippen LogP contribution in [0.25, 0.3) is 0 Å². The molecule has 0 N–H and O–H groups in total. The second-order valence-electron chi connectivity index (χ2n) is 3.64. The zero-order valence-electron chi connectivity index (χ0n) is 7.49. The van der Waals surface area contributed by atoms with E-state index in [2.05, 4.69) is 13.5 Å². The van der Waals surface area contributed by atoms with Gasteiger partial charge in [0, 0.05) is 5.41 Å². The van der Waals surface area contributed by atoms with Gasteiger partial charge in [0.05, 0.1) is 5.25 Å². The van der Waals surface area contributed by atoms with Gasteiger partial charge in [-0.05, 0) is 31.6 Å². The maximum absolute atomic E-state index is 11.3. The summed E-state index contributed by atoms with van der Waals surface area (Å²) < 4.78 is 22.7. The van der Waals surface area contributed by atoms with E-state index in [1.54, 1.807) is 0 Å². The molecule has 3 heteroatoms. The molecule has 0 aromatic heterocycles. The standard InChI is InChI=1S/C9H16O2S/c1-3-12(10,11)9-6-4-8(2)5-7-9/h3,8-9H,1,4-7H2,2H3. The maximum Gasteiger partial charge on any atom is 0.173 e. The van der Waals surface area contributed by atoms with E-state index in [9.17, 15) is 8.42 Å². The number of sulfone groups is 1. The van der Waals surface area contributed by atoms with Gasteiger partial charge in [-0.2, -0.15) is 0 Å². The summed E-state index contributed by atoms with van der Waals surface area (Å²) >= 11 is 0. The van der Waals surface area contributed by atoms with Gasteiger partial charge in [-0.1, -0.05) is 13.5 Å². The lowest BCUT2D eigenvalue weighted by Gasteiger charge is -2.24. The van der Waals surface area contributed by atoms with Crippen LogP contribution in [0.1, 0.15) is 32.6 Å². The molecule has 0 atom stereocenters. The van der Waals surface area contributed by atoms with Crippen molar-refractivity contribution in [1.82, 2.24) is 0 Å². The molecule has 0 unspecified atom stereocenters. The summed E-state index contributed by atoms with van der Waals surface area (Å²) in [7, 11) is -2.98. The van der Waals surface area contributed by atoms with Crippen LogP contribution >= 0.6 is 0 Å². The molecule has 70 valence electrons. The molecular weight excluding hydrogens is 172 g/mol. The maximum atomic E-state index is 11.3. The average Bonchev–Trinajstić information content (AvgIpc) is 2.05. The highest BCUT2D eigenvalue weighted by molar-refractivity contribution is 7.94. The van der Waals surface area contributed by atoms with Crippen LogP contribution in [0.3, 0.4) is 0 Å². The van der Waals surface area contributed by atoms with Crippen LogP contribution in [-0.2, 0) is 9.84 Å². The van der Waals surface area contributed by atoms with Gasteiger partial charge in [0.25, 0.3) is 0 Å². The molecule has 0 amide bonds. The van der Waals surface area contributed by atoms with Crippen molar-refractivity contribution >= 4 is 9.84 Å². The minimum absolute atomic E-state index is 0.147. The lowest BCUT2D eigenvalue weighted by atomic mass is 9.91. The van der Waals surface area contributed by atoms with Gasteiger partial charge in [0.1, 0.15) is 0 Å². The van der Waals surface area contributed by atoms with Crippen LogP contribution in [-0.4, -0.2) is 13.7 Å². The molecule has 1 aliphatic carbocycles. The predicted molar refractivity (Wildman–Crippen MR) is 50.5 cm³/mol. The Morgan fingerprint density at radius 2 is 1.75 bits per heavy atom. The van der Waals surface area contributed by atoms with Crippen LogP contribution in [0.2, 0.25) is 0 Å². The van der Waals surface area contributed by atoms with Crippen molar-refractivity contribution in [3.05, 3.63) is 12.0 Å². The van der Waals surface area contributed by atoms with Crippen LogP contribution in [0.15, 0.2) is 12.0 Å². The zero-order chi connectivity index (χ0) is 9.19. The molecule has 0 heterocycles.